The predicted octanol–water partition coefficient (Wildman–Crippen LogP) is 1.01. The van der Waals surface area contributed by atoms with Gasteiger partial charge in [-0.1, -0.05) is 13.3 Å². The molecular weight excluding hydrogens is 334 g/mol. The minimum absolute atomic E-state index is 0. The van der Waals surface area contributed by atoms with Crippen molar-refractivity contribution < 1.29 is 19.5 Å². The number of aliphatic carboxylic acids is 1. The van der Waals surface area contributed by atoms with Crippen molar-refractivity contribution in [1.82, 2.24) is 15.5 Å². The normalized spacial score (nSPS) is 23.0. The van der Waals surface area contributed by atoms with Crippen LogP contribution in [0.1, 0.15) is 47.0 Å². The number of nitrogens with one attached hydrogen (secondary N) is 2. The van der Waals surface area contributed by atoms with Crippen molar-refractivity contribution in [2.45, 2.75) is 65.1 Å². The van der Waals surface area contributed by atoms with Gasteiger partial charge in [-0.2, -0.15) is 0 Å². The maximum Gasteiger partial charge on any atom is 0.321 e. The monoisotopic (exact) mass is 363 g/mol. The number of carboxylic acid groups (broad SMARTS) is 1. The molecular formula is C16H30ClN3O4. The molecule has 0 aromatic heterocycles. The van der Waals surface area contributed by atoms with Crippen LogP contribution in [0.15, 0.2) is 0 Å². The molecule has 0 aliphatic carbocycles. The largest absolute Gasteiger partial charge is 0.480 e. The molecule has 1 saturated heterocycles. The fourth-order valence-electron chi connectivity index (χ4n) is 3.36. The standard InChI is InChI=1S/C16H29N3O4.ClH/c1-5-6-13(10(2)17-11(3)20)8-19-9-14(18-12(4)21)7-15(19)16(22)23;/h10,13-15H,5-9H2,1-4H3,(H,17,20)(H,18,21)(H,22,23);1H/t10?,13-,14?,15?;/m0./s1. The van der Waals surface area contributed by atoms with Gasteiger partial charge in [0.2, 0.25) is 11.8 Å². The van der Waals surface area contributed by atoms with E-state index in [1.165, 1.54) is 13.8 Å². The molecule has 0 bridgehead atoms. The summed E-state index contributed by atoms with van der Waals surface area (Å²) < 4.78 is 0. The van der Waals surface area contributed by atoms with Crippen LogP contribution in [0.3, 0.4) is 0 Å². The first kappa shape index (κ1) is 22.7. The molecule has 1 aliphatic rings. The van der Waals surface area contributed by atoms with Crippen LogP contribution < -0.4 is 10.6 Å². The third-order valence-electron chi connectivity index (χ3n) is 4.36. The van der Waals surface area contributed by atoms with Crippen molar-refractivity contribution in [3.05, 3.63) is 0 Å². The van der Waals surface area contributed by atoms with E-state index in [-0.39, 0.29) is 42.2 Å². The molecule has 8 heteroatoms. The summed E-state index contributed by atoms with van der Waals surface area (Å²) in [6.07, 6.45) is 2.30. The van der Waals surface area contributed by atoms with E-state index >= 15 is 0 Å². The van der Waals surface area contributed by atoms with Crippen LogP contribution in [-0.4, -0.2) is 59.0 Å². The zero-order valence-electron chi connectivity index (χ0n) is 14.9. The summed E-state index contributed by atoms with van der Waals surface area (Å²) in [5, 5.41) is 15.2. The van der Waals surface area contributed by atoms with E-state index in [1.54, 1.807) is 0 Å². The summed E-state index contributed by atoms with van der Waals surface area (Å²) in [5.74, 6) is -0.897. The lowest BCUT2D eigenvalue weighted by atomic mass is 9.95. The molecule has 7 nitrogen and oxygen atoms in total. The summed E-state index contributed by atoms with van der Waals surface area (Å²) in [4.78, 5) is 35.9. The van der Waals surface area contributed by atoms with E-state index in [9.17, 15) is 19.5 Å². The third kappa shape index (κ3) is 7.05. The third-order valence-corrected chi connectivity index (χ3v) is 4.36. The fraction of sp³-hybridized carbons (Fsp3) is 0.812. The Morgan fingerprint density at radius 1 is 1.25 bits per heavy atom. The van der Waals surface area contributed by atoms with Gasteiger partial charge in [-0.15, -0.1) is 12.4 Å². The van der Waals surface area contributed by atoms with Gasteiger partial charge in [-0.05, 0) is 25.7 Å². The molecule has 140 valence electrons. The molecule has 1 heterocycles. The van der Waals surface area contributed by atoms with E-state index < -0.39 is 12.0 Å². The van der Waals surface area contributed by atoms with Crippen molar-refractivity contribution in [2.24, 2.45) is 5.92 Å². The van der Waals surface area contributed by atoms with Gasteiger partial charge in [0.25, 0.3) is 0 Å². The molecule has 0 aromatic rings. The Kier molecular flexibility index (Phi) is 9.92. The van der Waals surface area contributed by atoms with Crippen molar-refractivity contribution in [1.29, 1.82) is 0 Å². The Morgan fingerprint density at radius 2 is 1.88 bits per heavy atom. The molecule has 4 atom stereocenters. The molecule has 0 spiro atoms. The first-order chi connectivity index (χ1) is 10.7. The van der Waals surface area contributed by atoms with Crippen molar-refractivity contribution >= 4 is 30.2 Å². The van der Waals surface area contributed by atoms with Crippen LogP contribution in [-0.2, 0) is 14.4 Å². The van der Waals surface area contributed by atoms with E-state index in [1.807, 2.05) is 11.8 Å². The summed E-state index contributed by atoms with van der Waals surface area (Å²) in [5.41, 5.74) is 0. The van der Waals surface area contributed by atoms with Gasteiger partial charge in [-0.25, -0.2) is 0 Å². The SMILES string of the molecule is CCC[C@@H](CN1CC(NC(C)=O)CC1C(=O)O)C(C)NC(C)=O.Cl. The highest BCUT2D eigenvalue weighted by Gasteiger charge is 2.38. The van der Waals surface area contributed by atoms with E-state index in [0.717, 1.165) is 12.8 Å². The number of likely N-dealkylation sites (tertiary alicyclic amines) is 1. The summed E-state index contributed by atoms with van der Waals surface area (Å²) in [6, 6.07) is -0.732. The highest BCUT2D eigenvalue weighted by molar-refractivity contribution is 5.85. The van der Waals surface area contributed by atoms with E-state index in [0.29, 0.717) is 19.5 Å². The zero-order chi connectivity index (χ0) is 17.6. The van der Waals surface area contributed by atoms with Crippen molar-refractivity contribution in [3.8, 4) is 0 Å². The van der Waals surface area contributed by atoms with Gasteiger partial charge in [-0.3, -0.25) is 19.3 Å². The fourth-order valence-corrected chi connectivity index (χ4v) is 3.36. The molecule has 0 saturated carbocycles. The molecule has 1 rings (SSSR count). The minimum atomic E-state index is -0.861. The number of amides is 2. The lowest BCUT2D eigenvalue weighted by Crippen LogP contribution is -2.46. The second-order valence-electron chi connectivity index (χ2n) is 6.48. The summed E-state index contributed by atoms with van der Waals surface area (Å²) in [6.45, 7) is 8.09. The summed E-state index contributed by atoms with van der Waals surface area (Å²) >= 11 is 0. The zero-order valence-corrected chi connectivity index (χ0v) is 15.7. The smallest absolute Gasteiger partial charge is 0.321 e. The Labute approximate surface area is 149 Å². The lowest BCUT2D eigenvalue weighted by Gasteiger charge is -2.30. The average Bonchev–Trinajstić information content (AvgIpc) is 2.79. The molecule has 0 radical (unpaired) electrons. The maximum atomic E-state index is 11.5. The first-order valence-electron chi connectivity index (χ1n) is 8.25. The second-order valence-corrected chi connectivity index (χ2v) is 6.48. The highest BCUT2D eigenvalue weighted by Crippen LogP contribution is 2.23. The molecule has 1 aliphatic heterocycles. The van der Waals surface area contributed by atoms with Crippen LogP contribution in [0.2, 0.25) is 0 Å². The number of hydrogen-bond acceptors (Lipinski definition) is 4. The average molecular weight is 364 g/mol. The maximum absolute atomic E-state index is 11.5. The van der Waals surface area contributed by atoms with Gasteiger partial charge >= 0.3 is 5.97 Å². The van der Waals surface area contributed by atoms with Gasteiger partial charge < -0.3 is 15.7 Å². The molecule has 0 aromatic carbocycles. The highest BCUT2D eigenvalue weighted by atomic mass is 35.5. The van der Waals surface area contributed by atoms with Gasteiger partial charge in [0.05, 0.1) is 0 Å². The number of nitrogens with zero attached hydrogens (tertiary/aromatic N) is 1. The Hall–Kier alpha value is -1.34. The quantitative estimate of drug-likeness (QED) is 0.598. The molecule has 1 fully saturated rings. The van der Waals surface area contributed by atoms with Gasteiger partial charge in [0, 0.05) is 39.0 Å². The molecule has 2 amide bonds. The number of carbonyl (C=O) groups is 3. The second kappa shape index (κ2) is 10.5. The number of carboxylic acids is 1. The van der Waals surface area contributed by atoms with Crippen LogP contribution >= 0.6 is 12.4 Å². The van der Waals surface area contributed by atoms with Crippen molar-refractivity contribution in [3.63, 3.8) is 0 Å². The Balaban J connectivity index is 0.00000529. The molecule has 3 N–H and O–H groups in total. The minimum Gasteiger partial charge on any atom is -0.480 e. The molecule has 3 unspecified atom stereocenters. The van der Waals surface area contributed by atoms with Crippen LogP contribution in [0.5, 0.6) is 0 Å². The van der Waals surface area contributed by atoms with Gasteiger partial charge in [0.1, 0.15) is 6.04 Å². The van der Waals surface area contributed by atoms with Crippen LogP contribution in [0.25, 0.3) is 0 Å². The van der Waals surface area contributed by atoms with Gasteiger partial charge in [0.15, 0.2) is 0 Å². The molecule has 24 heavy (non-hydrogen) atoms. The summed E-state index contributed by atoms with van der Waals surface area (Å²) in [7, 11) is 0. The lowest BCUT2D eigenvalue weighted by molar-refractivity contribution is -0.142. The topological polar surface area (TPSA) is 98.7 Å². The van der Waals surface area contributed by atoms with Crippen LogP contribution in [0.4, 0.5) is 0 Å². The predicted molar refractivity (Wildman–Crippen MR) is 94.1 cm³/mol. The first-order valence-corrected chi connectivity index (χ1v) is 8.25. The Bertz CT molecular complexity index is 447. The van der Waals surface area contributed by atoms with E-state index in [4.69, 9.17) is 0 Å². The number of carbonyl (C=O) groups excluding carboxylic acids is 2. The number of rotatable bonds is 8. The number of halogens is 1. The van der Waals surface area contributed by atoms with Crippen LogP contribution in [0, 0.1) is 5.92 Å². The van der Waals surface area contributed by atoms with Crippen molar-refractivity contribution in [2.75, 3.05) is 13.1 Å². The number of hydrogen-bond donors (Lipinski definition) is 3. The van der Waals surface area contributed by atoms with E-state index in [2.05, 4.69) is 17.6 Å². The Morgan fingerprint density at radius 3 is 2.33 bits per heavy atom.